The lowest BCUT2D eigenvalue weighted by Crippen LogP contribution is -2.39. The first-order chi connectivity index (χ1) is 9.08. The smallest absolute Gasteiger partial charge is 0.322 e. The normalized spacial score (nSPS) is 18.1. The Kier molecular flexibility index (Phi) is 6.32. The number of nitrogens with zero attached hydrogens (tertiary/aromatic N) is 1. The molecule has 0 spiro atoms. The van der Waals surface area contributed by atoms with Crippen LogP contribution in [-0.4, -0.2) is 41.9 Å². The Balaban J connectivity index is 2.50. The highest BCUT2D eigenvalue weighted by Gasteiger charge is 2.32. The number of unbranched alkanes of at least 4 members (excludes halogenated alkanes) is 2. The van der Waals surface area contributed by atoms with Gasteiger partial charge >= 0.3 is 6.03 Å². The molecule has 0 radical (unpaired) electrons. The fraction of sp³-hybridized carbons (Fsp3) is 0.769. The van der Waals surface area contributed by atoms with Crippen molar-refractivity contribution in [3.63, 3.8) is 0 Å². The maximum atomic E-state index is 12.2. The van der Waals surface area contributed by atoms with Gasteiger partial charge < -0.3 is 10.2 Å². The fourth-order valence-corrected chi connectivity index (χ4v) is 1.97. The Morgan fingerprint density at radius 3 is 2.16 bits per heavy atom. The predicted molar refractivity (Wildman–Crippen MR) is 71.5 cm³/mol. The van der Waals surface area contributed by atoms with Crippen molar-refractivity contribution >= 4 is 17.8 Å². The van der Waals surface area contributed by atoms with E-state index >= 15 is 0 Å². The van der Waals surface area contributed by atoms with Crippen molar-refractivity contribution in [1.29, 1.82) is 0 Å². The van der Waals surface area contributed by atoms with Gasteiger partial charge in [-0.05, 0) is 12.8 Å². The Bertz CT molecular complexity index is 336. The third kappa shape index (κ3) is 4.89. The molecule has 0 aromatic heterocycles. The van der Waals surface area contributed by atoms with E-state index in [0.29, 0.717) is 0 Å². The first-order valence-corrected chi connectivity index (χ1v) is 6.97. The topological polar surface area (TPSA) is 78.5 Å². The highest BCUT2D eigenvalue weighted by molar-refractivity contribution is 6.05. The predicted octanol–water partition coefficient (Wildman–Crippen LogP) is 1.01. The summed E-state index contributed by atoms with van der Waals surface area (Å²) >= 11 is 0. The molecule has 1 saturated heterocycles. The van der Waals surface area contributed by atoms with Gasteiger partial charge in [0.2, 0.25) is 5.91 Å². The lowest BCUT2D eigenvalue weighted by atomic mass is 10.1. The SMILES string of the molecule is CCCCN(CCCC)C(=O)CC1NC(=O)NC1=O. The second-order valence-corrected chi connectivity index (χ2v) is 4.81. The summed E-state index contributed by atoms with van der Waals surface area (Å²) in [5, 5.41) is 4.59. The Hall–Kier alpha value is -1.59. The van der Waals surface area contributed by atoms with Gasteiger partial charge in [0, 0.05) is 13.1 Å². The fourth-order valence-electron chi connectivity index (χ4n) is 1.97. The summed E-state index contributed by atoms with van der Waals surface area (Å²) in [4.78, 5) is 36.4. The third-order valence-electron chi connectivity index (χ3n) is 3.15. The lowest BCUT2D eigenvalue weighted by molar-refractivity contribution is -0.134. The molecule has 6 nitrogen and oxygen atoms in total. The zero-order chi connectivity index (χ0) is 14.3. The van der Waals surface area contributed by atoms with Gasteiger partial charge in [-0.2, -0.15) is 0 Å². The molecule has 0 bridgehead atoms. The van der Waals surface area contributed by atoms with Crippen molar-refractivity contribution in [3.8, 4) is 0 Å². The molecular weight excluding hydrogens is 246 g/mol. The van der Waals surface area contributed by atoms with E-state index in [1.165, 1.54) is 0 Å². The number of rotatable bonds is 8. The highest BCUT2D eigenvalue weighted by Crippen LogP contribution is 2.06. The van der Waals surface area contributed by atoms with E-state index in [0.717, 1.165) is 38.8 Å². The summed E-state index contributed by atoms with van der Waals surface area (Å²) < 4.78 is 0. The van der Waals surface area contributed by atoms with Gasteiger partial charge in [-0.25, -0.2) is 4.79 Å². The first kappa shape index (κ1) is 15.5. The van der Waals surface area contributed by atoms with Crippen LogP contribution in [0, 0.1) is 0 Å². The molecule has 1 unspecified atom stereocenters. The minimum atomic E-state index is -0.717. The lowest BCUT2D eigenvalue weighted by Gasteiger charge is -2.23. The molecule has 108 valence electrons. The molecule has 1 rings (SSSR count). The molecule has 1 aliphatic heterocycles. The number of hydrogen-bond donors (Lipinski definition) is 2. The molecule has 1 aliphatic rings. The number of imide groups is 1. The molecule has 0 aliphatic carbocycles. The molecule has 1 fully saturated rings. The molecule has 0 aromatic rings. The molecule has 1 heterocycles. The Labute approximate surface area is 113 Å². The van der Waals surface area contributed by atoms with Crippen LogP contribution in [0.2, 0.25) is 0 Å². The molecule has 1 atom stereocenters. The average Bonchev–Trinajstić information content (AvgIpc) is 2.68. The van der Waals surface area contributed by atoms with Crippen molar-refractivity contribution in [1.82, 2.24) is 15.5 Å². The van der Waals surface area contributed by atoms with Crippen molar-refractivity contribution in [2.75, 3.05) is 13.1 Å². The maximum Gasteiger partial charge on any atom is 0.322 e. The average molecular weight is 269 g/mol. The van der Waals surface area contributed by atoms with Crippen LogP contribution in [0.15, 0.2) is 0 Å². The van der Waals surface area contributed by atoms with Gasteiger partial charge in [0.25, 0.3) is 5.91 Å². The minimum Gasteiger partial charge on any atom is -0.343 e. The summed E-state index contributed by atoms with van der Waals surface area (Å²) in [6.07, 6.45) is 4.01. The summed E-state index contributed by atoms with van der Waals surface area (Å²) in [6.45, 7) is 5.59. The second kappa shape index (κ2) is 7.76. The maximum absolute atomic E-state index is 12.2. The second-order valence-electron chi connectivity index (χ2n) is 4.81. The zero-order valence-corrected chi connectivity index (χ0v) is 11.7. The van der Waals surface area contributed by atoms with E-state index in [4.69, 9.17) is 0 Å². The number of hydrogen-bond acceptors (Lipinski definition) is 3. The number of urea groups is 1. The van der Waals surface area contributed by atoms with Crippen molar-refractivity contribution in [2.24, 2.45) is 0 Å². The molecule has 4 amide bonds. The number of carbonyl (C=O) groups excluding carboxylic acids is 3. The van der Waals surface area contributed by atoms with Gasteiger partial charge in [-0.3, -0.25) is 14.9 Å². The van der Waals surface area contributed by atoms with E-state index in [9.17, 15) is 14.4 Å². The van der Waals surface area contributed by atoms with E-state index in [1.54, 1.807) is 4.90 Å². The molecule has 6 heteroatoms. The summed E-state index contributed by atoms with van der Waals surface area (Å²) in [5.41, 5.74) is 0. The zero-order valence-electron chi connectivity index (χ0n) is 11.7. The van der Waals surface area contributed by atoms with E-state index in [1.807, 2.05) is 0 Å². The van der Waals surface area contributed by atoms with Crippen molar-refractivity contribution in [2.45, 2.75) is 52.0 Å². The summed E-state index contributed by atoms with van der Waals surface area (Å²) in [6, 6.07) is -1.23. The molecule has 0 saturated carbocycles. The van der Waals surface area contributed by atoms with Crippen LogP contribution in [0.3, 0.4) is 0 Å². The van der Waals surface area contributed by atoms with Crippen molar-refractivity contribution < 1.29 is 14.4 Å². The van der Waals surface area contributed by atoms with Gasteiger partial charge in [-0.1, -0.05) is 26.7 Å². The Morgan fingerprint density at radius 2 is 1.74 bits per heavy atom. The van der Waals surface area contributed by atoms with Gasteiger partial charge in [0.15, 0.2) is 0 Å². The van der Waals surface area contributed by atoms with Crippen LogP contribution >= 0.6 is 0 Å². The van der Waals surface area contributed by atoms with E-state index in [2.05, 4.69) is 24.5 Å². The molecular formula is C13H23N3O3. The Morgan fingerprint density at radius 1 is 1.16 bits per heavy atom. The largest absolute Gasteiger partial charge is 0.343 e. The van der Waals surface area contributed by atoms with Crippen LogP contribution in [0.5, 0.6) is 0 Å². The van der Waals surface area contributed by atoms with Crippen LogP contribution < -0.4 is 10.6 Å². The summed E-state index contributed by atoms with van der Waals surface area (Å²) in [7, 11) is 0. The number of nitrogens with one attached hydrogen (secondary N) is 2. The van der Waals surface area contributed by atoms with Crippen LogP contribution in [0.1, 0.15) is 46.0 Å². The van der Waals surface area contributed by atoms with Gasteiger partial charge in [0.05, 0.1) is 6.42 Å². The van der Waals surface area contributed by atoms with Crippen LogP contribution in [-0.2, 0) is 9.59 Å². The molecule has 19 heavy (non-hydrogen) atoms. The van der Waals surface area contributed by atoms with Crippen molar-refractivity contribution in [3.05, 3.63) is 0 Å². The van der Waals surface area contributed by atoms with Crippen LogP contribution in [0.4, 0.5) is 4.79 Å². The number of amides is 4. The highest BCUT2D eigenvalue weighted by atomic mass is 16.2. The summed E-state index contributed by atoms with van der Waals surface area (Å²) in [5.74, 6) is -0.478. The molecule has 2 N–H and O–H groups in total. The van der Waals surface area contributed by atoms with Gasteiger partial charge in [-0.15, -0.1) is 0 Å². The third-order valence-corrected chi connectivity index (χ3v) is 3.15. The van der Waals surface area contributed by atoms with Gasteiger partial charge in [0.1, 0.15) is 6.04 Å². The minimum absolute atomic E-state index is 0.0466. The number of carbonyl (C=O) groups is 3. The standard InChI is InChI=1S/C13H23N3O3/c1-3-5-7-16(8-6-4-2)11(17)9-10-12(18)15-13(19)14-10/h10H,3-9H2,1-2H3,(H2,14,15,18,19). The molecule has 0 aromatic carbocycles. The monoisotopic (exact) mass is 269 g/mol. The first-order valence-electron chi connectivity index (χ1n) is 6.97. The van der Waals surface area contributed by atoms with E-state index in [-0.39, 0.29) is 12.3 Å². The van der Waals surface area contributed by atoms with E-state index < -0.39 is 18.0 Å². The van der Waals surface area contributed by atoms with Crippen LogP contribution in [0.25, 0.3) is 0 Å². The quantitative estimate of drug-likeness (QED) is 0.646.